The molecular weight excluding hydrogens is 348 g/mol. The Morgan fingerprint density at radius 3 is 2.12 bits per heavy atom. The normalized spacial score (nSPS) is 15.6. The van der Waals surface area contributed by atoms with E-state index in [1.54, 1.807) is 6.07 Å². The molecule has 0 aromatic heterocycles. The topological polar surface area (TPSA) is 97.5 Å². The molecule has 0 atom stereocenters. The van der Waals surface area contributed by atoms with Crippen molar-refractivity contribution in [1.29, 1.82) is 0 Å². The fourth-order valence-electron chi connectivity index (χ4n) is 2.84. The van der Waals surface area contributed by atoms with Crippen molar-refractivity contribution in [3.8, 4) is 0 Å². The molecule has 1 aliphatic heterocycles. The van der Waals surface area contributed by atoms with E-state index in [-0.39, 0.29) is 9.79 Å². The average Bonchev–Trinajstić information content (AvgIpc) is 2.77. The van der Waals surface area contributed by atoms with Crippen molar-refractivity contribution in [3.05, 3.63) is 54.1 Å². The summed E-state index contributed by atoms with van der Waals surface area (Å²) in [6.45, 7) is 0.399. The largest absolute Gasteiger partial charge is 0.266 e. The van der Waals surface area contributed by atoms with E-state index in [0.29, 0.717) is 12.2 Å². The van der Waals surface area contributed by atoms with Gasteiger partial charge in [-0.3, -0.25) is 4.31 Å². The maximum atomic E-state index is 13.0. The Hall–Kier alpha value is -1.90. The Kier molecular flexibility index (Phi) is 4.37. The third-order valence-electron chi connectivity index (χ3n) is 4.06. The van der Waals surface area contributed by atoms with Crippen molar-refractivity contribution in [2.45, 2.75) is 29.1 Å². The molecule has 2 aromatic rings. The number of fused-ring (bicyclic) bond motifs is 1. The summed E-state index contributed by atoms with van der Waals surface area (Å²) in [4.78, 5) is -0.0654. The highest BCUT2D eigenvalue weighted by molar-refractivity contribution is 7.92. The fraction of sp³-hybridized carbons (Fsp3) is 0.250. The summed E-state index contributed by atoms with van der Waals surface area (Å²) in [5.41, 5.74) is 1.69. The fourth-order valence-corrected chi connectivity index (χ4v) is 4.89. The van der Waals surface area contributed by atoms with Crippen LogP contribution in [0, 0.1) is 0 Å². The summed E-state index contributed by atoms with van der Waals surface area (Å²) >= 11 is 0. The van der Waals surface area contributed by atoms with Crippen molar-refractivity contribution in [2.24, 2.45) is 5.14 Å². The van der Waals surface area contributed by atoms with E-state index < -0.39 is 20.0 Å². The molecule has 128 valence electrons. The van der Waals surface area contributed by atoms with Gasteiger partial charge in [-0.2, -0.15) is 0 Å². The Morgan fingerprint density at radius 1 is 0.833 bits per heavy atom. The summed E-state index contributed by atoms with van der Waals surface area (Å²) in [5, 5.41) is 5.05. The number of rotatable bonds is 3. The van der Waals surface area contributed by atoms with Gasteiger partial charge in [0.1, 0.15) is 0 Å². The summed E-state index contributed by atoms with van der Waals surface area (Å²) in [7, 11) is -7.62. The summed E-state index contributed by atoms with van der Waals surface area (Å²) in [6, 6.07) is 12.4. The summed E-state index contributed by atoms with van der Waals surface area (Å²) in [6.07, 6.45) is 2.53. The second-order valence-electron chi connectivity index (χ2n) is 5.68. The Morgan fingerprint density at radius 2 is 1.46 bits per heavy atom. The predicted molar refractivity (Wildman–Crippen MR) is 91.7 cm³/mol. The number of para-hydroxylation sites is 1. The van der Waals surface area contributed by atoms with E-state index >= 15 is 0 Å². The molecule has 2 N–H and O–H groups in total. The molecular formula is C16H18N2O4S2. The van der Waals surface area contributed by atoms with Gasteiger partial charge in [0.15, 0.2) is 0 Å². The molecule has 0 bridgehead atoms. The molecule has 1 aliphatic rings. The van der Waals surface area contributed by atoms with Gasteiger partial charge in [-0.05, 0) is 55.2 Å². The van der Waals surface area contributed by atoms with Crippen molar-refractivity contribution in [1.82, 2.24) is 0 Å². The molecule has 0 fully saturated rings. The maximum absolute atomic E-state index is 13.0. The number of anilines is 1. The van der Waals surface area contributed by atoms with Crippen LogP contribution in [-0.2, 0) is 26.5 Å². The smallest absolute Gasteiger partial charge is 0.264 e. The van der Waals surface area contributed by atoms with Crippen LogP contribution in [0.5, 0.6) is 0 Å². The quantitative estimate of drug-likeness (QED) is 0.896. The van der Waals surface area contributed by atoms with Gasteiger partial charge in [0.05, 0.1) is 15.5 Å². The number of nitrogens with two attached hydrogens (primary N) is 1. The minimum absolute atomic E-state index is 0.0478. The first kappa shape index (κ1) is 16.9. The zero-order valence-electron chi connectivity index (χ0n) is 12.9. The van der Waals surface area contributed by atoms with Gasteiger partial charge in [-0.15, -0.1) is 0 Å². The highest BCUT2D eigenvalue weighted by Crippen LogP contribution is 2.31. The van der Waals surface area contributed by atoms with Crippen LogP contribution in [0.4, 0.5) is 5.69 Å². The van der Waals surface area contributed by atoms with Gasteiger partial charge in [0, 0.05) is 6.54 Å². The molecule has 0 saturated heterocycles. The molecule has 0 radical (unpaired) electrons. The number of primary sulfonamides is 1. The molecule has 0 amide bonds. The molecule has 2 aromatic carbocycles. The Labute approximate surface area is 142 Å². The van der Waals surface area contributed by atoms with Crippen LogP contribution in [0.3, 0.4) is 0 Å². The van der Waals surface area contributed by atoms with E-state index in [1.807, 2.05) is 18.2 Å². The minimum Gasteiger partial charge on any atom is -0.266 e. The monoisotopic (exact) mass is 366 g/mol. The van der Waals surface area contributed by atoms with Gasteiger partial charge in [0.25, 0.3) is 10.0 Å². The second-order valence-corrected chi connectivity index (χ2v) is 9.10. The molecule has 3 rings (SSSR count). The maximum Gasteiger partial charge on any atom is 0.264 e. The van der Waals surface area contributed by atoms with Crippen LogP contribution >= 0.6 is 0 Å². The average molecular weight is 366 g/mol. The number of hydrogen-bond acceptors (Lipinski definition) is 4. The third-order valence-corrected chi connectivity index (χ3v) is 6.81. The highest BCUT2D eigenvalue weighted by atomic mass is 32.2. The van der Waals surface area contributed by atoms with E-state index in [0.717, 1.165) is 24.8 Å². The first-order valence-corrected chi connectivity index (χ1v) is 10.5. The zero-order valence-corrected chi connectivity index (χ0v) is 14.6. The number of aryl methyl sites for hydroxylation is 1. The van der Waals surface area contributed by atoms with Crippen molar-refractivity contribution in [2.75, 3.05) is 10.8 Å². The number of nitrogens with zero attached hydrogens (tertiary/aromatic N) is 1. The van der Waals surface area contributed by atoms with Crippen LogP contribution in [0.15, 0.2) is 58.3 Å². The van der Waals surface area contributed by atoms with Crippen LogP contribution in [0.2, 0.25) is 0 Å². The van der Waals surface area contributed by atoms with Gasteiger partial charge in [-0.1, -0.05) is 18.2 Å². The first-order chi connectivity index (χ1) is 11.3. The van der Waals surface area contributed by atoms with Gasteiger partial charge < -0.3 is 0 Å². The van der Waals surface area contributed by atoms with Crippen LogP contribution in [-0.4, -0.2) is 23.4 Å². The molecule has 8 heteroatoms. The van der Waals surface area contributed by atoms with Crippen molar-refractivity contribution in [3.63, 3.8) is 0 Å². The second kappa shape index (κ2) is 6.19. The SMILES string of the molecule is NS(=O)(=O)c1ccc(S(=O)(=O)N2CCCCc3ccccc32)cc1. The van der Waals surface area contributed by atoms with Crippen LogP contribution < -0.4 is 9.44 Å². The van der Waals surface area contributed by atoms with Crippen molar-refractivity contribution >= 4 is 25.7 Å². The standard InChI is InChI=1S/C16H18N2O4S2/c17-23(19,20)14-8-10-15(11-9-14)24(21,22)18-12-4-3-6-13-5-1-2-7-16(13)18/h1-2,5,7-11H,3-4,6,12H2,(H2,17,19,20). The van der Waals surface area contributed by atoms with Gasteiger partial charge in [0.2, 0.25) is 10.0 Å². The van der Waals surface area contributed by atoms with Crippen LogP contribution in [0.1, 0.15) is 18.4 Å². The number of sulfonamides is 2. The number of benzene rings is 2. The molecule has 24 heavy (non-hydrogen) atoms. The minimum atomic E-state index is -3.85. The molecule has 1 heterocycles. The molecule has 0 spiro atoms. The summed E-state index contributed by atoms with van der Waals surface area (Å²) in [5.74, 6) is 0. The van der Waals surface area contributed by atoms with E-state index in [4.69, 9.17) is 5.14 Å². The van der Waals surface area contributed by atoms with Gasteiger partial charge >= 0.3 is 0 Å². The Bertz CT molecular complexity index is 952. The molecule has 0 unspecified atom stereocenters. The lowest BCUT2D eigenvalue weighted by Gasteiger charge is -2.24. The highest BCUT2D eigenvalue weighted by Gasteiger charge is 2.28. The molecule has 0 saturated carbocycles. The van der Waals surface area contributed by atoms with Crippen molar-refractivity contribution < 1.29 is 16.8 Å². The predicted octanol–water partition coefficient (Wildman–Crippen LogP) is 1.87. The van der Waals surface area contributed by atoms with E-state index in [1.165, 1.54) is 28.6 Å². The summed E-state index contributed by atoms with van der Waals surface area (Å²) < 4.78 is 50.1. The first-order valence-electron chi connectivity index (χ1n) is 7.54. The lowest BCUT2D eigenvalue weighted by atomic mass is 10.1. The van der Waals surface area contributed by atoms with E-state index in [9.17, 15) is 16.8 Å². The van der Waals surface area contributed by atoms with E-state index in [2.05, 4.69) is 0 Å². The molecule has 6 nitrogen and oxygen atoms in total. The van der Waals surface area contributed by atoms with Gasteiger partial charge in [-0.25, -0.2) is 22.0 Å². The molecule has 0 aliphatic carbocycles. The number of hydrogen-bond donors (Lipinski definition) is 1. The lowest BCUT2D eigenvalue weighted by Crippen LogP contribution is -2.31. The zero-order chi connectivity index (χ0) is 17.4. The van der Waals surface area contributed by atoms with Crippen LogP contribution in [0.25, 0.3) is 0 Å². The lowest BCUT2D eigenvalue weighted by molar-refractivity contribution is 0.588. The Balaban J connectivity index is 2.05. The third kappa shape index (κ3) is 3.17.